The van der Waals surface area contributed by atoms with Crippen molar-refractivity contribution in [3.63, 3.8) is 0 Å². The van der Waals surface area contributed by atoms with Crippen LogP contribution in [-0.4, -0.2) is 23.4 Å². The molecule has 1 saturated heterocycles. The minimum atomic E-state index is -0.353. The molecule has 0 unspecified atom stereocenters. The third-order valence-electron chi connectivity index (χ3n) is 4.29. The van der Waals surface area contributed by atoms with Crippen LogP contribution in [0.15, 0.2) is 24.3 Å². The van der Waals surface area contributed by atoms with Crippen molar-refractivity contribution in [2.45, 2.75) is 45.5 Å². The number of rotatable bonds is 2. The van der Waals surface area contributed by atoms with Gasteiger partial charge >= 0.3 is 7.12 Å². The maximum atomic E-state index is 9.31. The Morgan fingerprint density at radius 1 is 1.15 bits per heavy atom. The van der Waals surface area contributed by atoms with E-state index in [-0.39, 0.29) is 24.9 Å². The Hall–Kier alpha value is -0.875. The summed E-state index contributed by atoms with van der Waals surface area (Å²) in [6.45, 7) is 8.30. The van der Waals surface area contributed by atoms with Gasteiger partial charge in [0.25, 0.3) is 0 Å². The van der Waals surface area contributed by atoms with Crippen molar-refractivity contribution in [2.24, 2.45) is 0 Å². The molecule has 1 aromatic heterocycles. The number of aliphatic hydroxyl groups excluding tert-OH is 1. The highest BCUT2D eigenvalue weighted by Gasteiger charge is 2.52. The highest BCUT2D eigenvalue weighted by Crippen LogP contribution is 2.37. The van der Waals surface area contributed by atoms with Crippen molar-refractivity contribution in [1.29, 1.82) is 0 Å². The van der Waals surface area contributed by atoms with Gasteiger partial charge in [-0.1, -0.05) is 18.2 Å². The van der Waals surface area contributed by atoms with E-state index in [0.29, 0.717) is 0 Å². The van der Waals surface area contributed by atoms with Crippen LogP contribution in [0.2, 0.25) is 0 Å². The SMILES string of the molecule is CC1(C)OB(c2cccc3cc(CO)sc23)OC1(C)C. The van der Waals surface area contributed by atoms with Crippen LogP contribution in [0.1, 0.15) is 32.6 Å². The molecule has 0 saturated carbocycles. The number of aliphatic hydroxyl groups is 1. The molecule has 106 valence electrons. The van der Waals surface area contributed by atoms with Crippen LogP contribution in [0, 0.1) is 0 Å². The summed E-state index contributed by atoms with van der Waals surface area (Å²) in [4.78, 5) is 0.962. The Balaban J connectivity index is 2.05. The highest BCUT2D eigenvalue weighted by atomic mass is 32.1. The standard InChI is InChI=1S/C15H19BO3S/c1-14(2)15(3,4)19-16(18-14)12-7-5-6-10-8-11(9-17)20-13(10)12/h5-8,17H,9H2,1-4H3. The van der Waals surface area contributed by atoms with Gasteiger partial charge in [-0.15, -0.1) is 11.3 Å². The molecule has 20 heavy (non-hydrogen) atoms. The number of benzene rings is 1. The van der Waals surface area contributed by atoms with Gasteiger partial charge in [0.15, 0.2) is 0 Å². The van der Waals surface area contributed by atoms with Crippen molar-refractivity contribution in [1.82, 2.24) is 0 Å². The first-order valence-corrected chi connectivity index (χ1v) is 7.63. The number of hydrogen-bond donors (Lipinski definition) is 1. The van der Waals surface area contributed by atoms with Crippen molar-refractivity contribution in [3.8, 4) is 0 Å². The van der Waals surface area contributed by atoms with E-state index >= 15 is 0 Å². The molecule has 3 rings (SSSR count). The molecule has 0 aliphatic carbocycles. The second kappa shape index (κ2) is 4.56. The van der Waals surface area contributed by atoms with Gasteiger partial charge in [0.05, 0.1) is 17.8 Å². The van der Waals surface area contributed by atoms with Gasteiger partial charge in [-0.05, 0) is 39.1 Å². The summed E-state index contributed by atoms with van der Waals surface area (Å²) in [6.07, 6.45) is 0. The third-order valence-corrected chi connectivity index (χ3v) is 5.47. The first kappa shape index (κ1) is 14.1. The van der Waals surface area contributed by atoms with E-state index in [9.17, 15) is 5.11 Å². The molecule has 2 heterocycles. The fourth-order valence-corrected chi connectivity index (χ4v) is 3.41. The molecule has 0 spiro atoms. The van der Waals surface area contributed by atoms with Crippen molar-refractivity contribution in [2.75, 3.05) is 0 Å². The van der Waals surface area contributed by atoms with Gasteiger partial charge in [0, 0.05) is 15.0 Å². The lowest BCUT2D eigenvalue weighted by atomic mass is 9.78. The largest absolute Gasteiger partial charge is 0.496 e. The molecule has 1 N–H and O–H groups in total. The van der Waals surface area contributed by atoms with Crippen LogP contribution in [0.25, 0.3) is 10.1 Å². The molecular weight excluding hydrogens is 271 g/mol. The summed E-state index contributed by atoms with van der Waals surface area (Å²) in [7, 11) is -0.353. The van der Waals surface area contributed by atoms with Gasteiger partial charge in [0.2, 0.25) is 0 Å². The van der Waals surface area contributed by atoms with E-state index in [1.54, 1.807) is 11.3 Å². The normalized spacial score (nSPS) is 20.8. The Morgan fingerprint density at radius 2 is 1.80 bits per heavy atom. The van der Waals surface area contributed by atoms with E-state index in [2.05, 4.69) is 33.8 Å². The Bertz CT molecular complexity index is 632. The molecule has 0 radical (unpaired) electrons. The molecule has 1 aliphatic rings. The van der Waals surface area contributed by atoms with Gasteiger partial charge in [-0.2, -0.15) is 0 Å². The lowest BCUT2D eigenvalue weighted by Crippen LogP contribution is -2.41. The average Bonchev–Trinajstić information content (AvgIpc) is 2.87. The Morgan fingerprint density at radius 3 is 2.40 bits per heavy atom. The van der Waals surface area contributed by atoms with E-state index in [0.717, 1.165) is 20.4 Å². The van der Waals surface area contributed by atoms with Gasteiger partial charge in [-0.25, -0.2) is 0 Å². The third kappa shape index (κ3) is 2.09. The molecule has 1 aliphatic heterocycles. The van der Waals surface area contributed by atoms with Crippen LogP contribution < -0.4 is 5.46 Å². The summed E-state index contributed by atoms with van der Waals surface area (Å²) >= 11 is 1.60. The molecule has 2 aromatic rings. The molecule has 1 aromatic carbocycles. The fraction of sp³-hybridized carbons (Fsp3) is 0.467. The van der Waals surface area contributed by atoms with Crippen LogP contribution in [-0.2, 0) is 15.9 Å². The van der Waals surface area contributed by atoms with E-state index in [1.165, 1.54) is 0 Å². The van der Waals surface area contributed by atoms with Gasteiger partial charge in [-0.3, -0.25) is 0 Å². The first-order chi connectivity index (χ1) is 9.34. The number of thiophene rings is 1. The summed E-state index contributed by atoms with van der Waals surface area (Å²) < 4.78 is 13.4. The molecule has 0 bridgehead atoms. The molecular formula is C15H19BO3S. The average molecular weight is 290 g/mol. The summed E-state index contributed by atoms with van der Waals surface area (Å²) in [5.74, 6) is 0. The van der Waals surface area contributed by atoms with Gasteiger partial charge in [0.1, 0.15) is 0 Å². The lowest BCUT2D eigenvalue weighted by molar-refractivity contribution is 0.00578. The van der Waals surface area contributed by atoms with E-state index in [4.69, 9.17) is 9.31 Å². The zero-order valence-corrected chi connectivity index (χ0v) is 13.1. The second-order valence-electron chi connectivity index (χ2n) is 6.22. The maximum absolute atomic E-state index is 9.31. The first-order valence-electron chi connectivity index (χ1n) is 6.82. The monoisotopic (exact) mass is 290 g/mol. The fourth-order valence-electron chi connectivity index (χ4n) is 2.37. The quantitative estimate of drug-likeness (QED) is 0.864. The highest BCUT2D eigenvalue weighted by molar-refractivity contribution is 7.20. The summed E-state index contributed by atoms with van der Waals surface area (Å²) in [6, 6.07) is 8.13. The van der Waals surface area contributed by atoms with Crippen LogP contribution in [0.4, 0.5) is 0 Å². The predicted molar refractivity (Wildman–Crippen MR) is 83.5 cm³/mol. The van der Waals surface area contributed by atoms with Crippen LogP contribution in [0.3, 0.4) is 0 Å². The molecule has 3 nitrogen and oxygen atoms in total. The molecule has 0 atom stereocenters. The minimum Gasteiger partial charge on any atom is -0.399 e. The van der Waals surface area contributed by atoms with E-state index in [1.807, 2.05) is 18.2 Å². The van der Waals surface area contributed by atoms with Crippen molar-refractivity contribution in [3.05, 3.63) is 29.1 Å². The van der Waals surface area contributed by atoms with E-state index < -0.39 is 0 Å². The smallest absolute Gasteiger partial charge is 0.399 e. The topological polar surface area (TPSA) is 38.7 Å². The summed E-state index contributed by atoms with van der Waals surface area (Å²) in [5.41, 5.74) is 0.374. The lowest BCUT2D eigenvalue weighted by Gasteiger charge is -2.32. The minimum absolute atomic E-state index is 0.0716. The zero-order chi connectivity index (χ0) is 14.5. The van der Waals surface area contributed by atoms with Crippen molar-refractivity contribution >= 4 is 34.0 Å². The maximum Gasteiger partial charge on any atom is 0.496 e. The van der Waals surface area contributed by atoms with Crippen LogP contribution >= 0.6 is 11.3 Å². The zero-order valence-electron chi connectivity index (χ0n) is 12.3. The Kier molecular flexibility index (Phi) is 3.21. The number of hydrogen-bond acceptors (Lipinski definition) is 4. The predicted octanol–water partition coefficient (Wildman–Crippen LogP) is 2.69. The van der Waals surface area contributed by atoms with Gasteiger partial charge < -0.3 is 14.4 Å². The second-order valence-corrected chi connectivity index (χ2v) is 7.36. The van der Waals surface area contributed by atoms with Crippen LogP contribution in [0.5, 0.6) is 0 Å². The summed E-state index contributed by atoms with van der Waals surface area (Å²) in [5, 5.41) is 10.4. The molecule has 0 amide bonds. The number of fused-ring (bicyclic) bond motifs is 1. The Labute approximate surface area is 123 Å². The molecule has 5 heteroatoms. The van der Waals surface area contributed by atoms with Crippen molar-refractivity contribution < 1.29 is 14.4 Å². The molecule has 1 fully saturated rings.